The number of carboxylic acid groups (broad SMARTS) is 3. The lowest BCUT2D eigenvalue weighted by atomic mass is 9.92. The van der Waals surface area contributed by atoms with Crippen LogP contribution in [-0.2, 0) is 43.0 Å². The van der Waals surface area contributed by atoms with Crippen LogP contribution in [0, 0.1) is 17.5 Å². The highest BCUT2D eigenvalue weighted by molar-refractivity contribution is 9.10. The Balaban J connectivity index is 0.000000178. The van der Waals surface area contributed by atoms with Gasteiger partial charge in [0.05, 0.1) is 57.2 Å². The number of aliphatic imine (C=N–C) groups is 3. The Morgan fingerprint density at radius 2 is 0.821 bits per heavy atom. The predicted octanol–water partition coefficient (Wildman–Crippen LogP) is 13.8. The van der Waals surface area contributed by atoms with Crippen LogP contribution < -0.4 is 16.0 Å². The third kappa shape index (κ3) is 22.2. The molecule has 6 N–H and O–H groups in total. The topological polar surface area (TPSA) is 312 Å². The molecule has 0 aliphatic carbocycles. The number of piperidine rings is 3. The summed E-state index contributed by atoms with van der Waals surface area (Å²) in [5, 5.41) is 43.4. The van der Waals surface area contributed by atoms with Gasteiger partial charge in [-0.25, -0.2) is 68.8 Å². The average Bonchev–Trinajstić information content (AvgIpc) is 1.03. The highest BCUT2D eigenvalue weighted by atomic mass is 79.9. The minimum absolute atomic E-state index is 0.0266. The van der Waals surface area contributed by atoms with Crippen molar-refractivity contribution < 1.29 is 97.8 Å². The van der Waals surface area contributed by atoms with Crippen molar-refractivity contribution in [3.05, 3.63) is 187 Å². The summed E-state index contributed by atoms with van der Waals surface area (Å²) >= 11 is 19.9. The summed E-state index contributed by atoms with van der Waals surface area (Å²) in [7, 11) is 2.38. The zero-order valence-corrected chi connectivity index (χ0v) is 65.4. The predicted molar refractivity (Wildman–Crippen MR) is 401 cm³/mol. The van der Waals surface area contributed by atoms with Crippen LogP contribution in [0.15, 0.2) is 143 Å². The van der Waals surface area contributed by atoms with Gasteiger partial charge in [0, 0.05) is 154 Å². The minimum Gasteiger partial charge on any atom is -0.481 e. The summed E-state index contributed by atoms with van der Waals surface area (Å²) in [6.07, 6.45) is 3.98. The van der Waals surface area contributed by atoms with Gasteiger partial charge in [0.2, 0.25) is 0 Å². The first-order valence-corrected chi connectivity index (χ1v) is 39.0. The van der Waals surface area contributed by atoms with Crippen LogP contribution in [0.5, 0.6) is 0 Å². The molecular formula is C73H74BrCl2F9N12O12S3. The van der Waals surface area contributed by atoms with Gasteiger partial charge in [0.25, 0.3) is 17.8 Å². The van der Waals surface area contributed by atoms with Crippen molar-refractivity contribution in [2.45, 2.75) is 138 Å². The molecule has 3 saturated heterocycles. The van der Waals surface area contributed by atoms with E-state index in [0.29, 0.717) is 47.9 Å². The molecule has 24 nitrogen and oxygen atoms in total. The highest BCUT2D eigenvalue weighted by Gasteiger charge is 2.46. The standard InChI is InChI=1S/C25H26ClF3N4O4S.C24H24BrF3N4O4S.C24H24ClF3N4O4S/c1-2-37-24(36)20-18(12-33-13-25(28,29)8-7-15(33)4-6-19(34)35)31-22(23-30-9-10-38-23)32-21(20)16-5-3-14(27)11-17(16)26;2*1-36-23(35)19-17(11-32-12-24(27,28)7-6-14(32)3-5-18(33)34)30-21(22-29-8-9-37-22)31-20(19)15-4-2-13(26)10-16(15)25/h3,5,9-11,15,21H,2,4,6-8,12-13H2,1H3,(H,31,32)(H,34,35);2*2,4,8-10,14,20H,3,5-7,11-12H2,1H3,(H,30,31)(H,33,34)/t15-,21-;2*14-,20-/m000/s1. The number of nitrogens with zero attached hydrogens (tertiary/aromatic N) is 9. The number of halogens is 12. The zero-order valence-electron chi connectivity index (χ0n) is 59.9. The van der Waals surface area contributed by atoms with Crippen LogP contribution in [-0.4, -0.2) is 194 Å². The zero-order chi connectivity index (χ0) is 80.9. The Morgan fingerprint density at radius 3 is 1.11 bits per heavy atom. The molecule has 0 saturated carbocycles. The SMILES string of the molecule is CCOC(=O)C1=C(CN2CC(F)(F)CC[C@@H]2CCC(=O)O)NC(c2nccs2)=N[C@H]1c1ccc(F)cc1Cl.COC(=O)C1=C(CN2CC(F)(F)CC[C@@H]2CCC(=O)O)NC(c2nccs2)=N[C@H]1c1ccc(F)cc1Br.COC(=O)C1=C(CN2CC(F)(F)CC[C@@H]2CCC(=O)O)NC(c2nccs2)=N[C@H]1c1ccc(F)cc1Cl. The lowest BCUT2D eigenvalue weighted by Gasteiger charge is -2.41. The molecule has 0 spiro atoms. The molecule has 39 heteroatoms. The molecule has 3 aromatic carbocycles. The molecule has 0 amide bonds. The van der Waals surface area contributed by atoms with E-state index in [-0.39, 0.29) is 153 Å². The normalized spacial score (nSPS) is 21.7. The quantitative estimate of drug-likeness (QED) is 0.0176. The van der Waals surface area contributed by atoms with Crippen LogP contribution in [0.25, 0.3) is 0 Å². The van der Waals surface area contributed by atoms with E-state index in [9.17, 15) is 68.3 Å². The van der Waals surface area contributed by atoms with Gasteiger partial charge in [0.1, 0.15) is 35.6 Å². The number of amidine groups is 3. The Bertz CT molecular complexity index is 4450. The van der Waals surface area contributed by atoms with Gasteiger partial charge in [-0.2, -0.15) is 0 Å². The number of alkyl halides is 6. The molecule has 6 aliphatic heterocycles. The second-order valence-corrected chi connectivity index (χ2v) is 30.9. The van der Waals surface area contributed by atoms with Crippen molar-refractivity contribution in [3.8, 4) is 0 Å². The van der Waals surface area contributed by atoms with Crippen molar-refractivity contribution in [2.24, 2.45) is 15.0 Å². The molecule has 0 unspecified atom stereocenters. The number of rotatable bonds is 25. The first kappa shape index (κ1) is 85.7. The van der Waals surface area contributed by atoms with Gasteiger partial charge in [-0.15, -0.1) is 34.0 Å². The number of methoxy groups -OCH3 is 2. The second kappa shape index (κ2) is 38.0. The molecule has 6 atom stereocenters. The number of likely N-dealkylation sites (tertiary alicyclic amines) is 3. The lowest BCUT2D eigenvalue weighted by Crippen LogP contribution is -2.51. The number of esters is 3. The molecule has 6 aromatic rings. The van der Waals surface area contributed by atoms with Crippen LogP contribution >= 0.6 is 73.1 Å². The molecule has 0 radical (unpaired) electrons. The second-order valence-electron chi connectivity index (χ2n) is 26.6. The van der Waals surface area contributed by atoms with Gasteiger partial charge in [-0.3, -0.25) is 44.1 Å². The van der Waals surface area contributed by atoms with Crippen molar-refractivity contribution in [1.29, 1.82) is 0 Å². The maximum atomic E-state index is 14.5. The van der Waals surface area contributed by atoms with Crippen molar-refractivity contribution in [1.82, 2.24) is 45.6 Å². The smallest absolute Gasteiger partial charge is 0.338 e. The number of carboxylic acids is 3. The Kier molecular flexibility index (Phi) is 29.1. The number of hydrogen-bond donors (Lipinski definition) is 6. The number of ether oxygens (including phenoxy) is 3. The Labute approximate surface area is 665 Å². The number of aliphatic carboxylic acids is 3. The third-order valence-corrected chi connectivity index (χ3v) is 22.6. The van der Waals surface area contributed by atoms with E-state index in [0.717, 1.165) is 12.1 Å². The summed E-state index contributed by atoms with van der Waals surface area (Å²) in [5.74, 6) is -14.9. The van der Waals surface area contributed by atoms with E-state index < -0.39 is 127 Å². The van der Waals surface area contributed by atoms with E-state index in [2.05, 4.69) is 61.8 Å². The average molecular weight is 1730 g/mol. The van der Waals surface area contributed by atoms with Crippen molar-refractivity contribution in [2.75, 3.05) is 60.1 Å². The Morgan fingerprint density at radius 1 is 0.509 bits per heavy atom. The third-order valence-electron chi connectivity index (χ3n) is 18.9. The fraction of sp³-hybridized carbons (Fsp3) is 0.425. The van der Waals surface area contributed by atoms with Crippen molar-refractivity contribution in [3.63, 3.8) is 0 Å². The van der Waals surface area contributed by atoms with Gasteiger partial charge in [0.15, 0.2) is 32.5 Å². The molecule has 6 aliphatic rings. The molecule has 600 valence electrons. The molecule has 112 heavy (non-hydrogen) atoms. The molecule has 9 heterocycles. The van der Waals surface area contributed by atoms with Gasteiger partial charge in [-0.1, -0.05) is 57.3 Å². The first-order valence-electron chi connectivity index (χ1n) is 34.9. The fourth-order valence-electron chi connectivity index (χ4n) is 13.7. The summed E-state index contributed by atoms with van der Waals surface area (Å²) < 4.78 is 144. The van der Waals surface area contributed by atoms with E-state index in [4.69, 9.17) is 52.7 Å². The Hall–Kier alpha value is -8.69. The molecule has 12 rings (SSSR count). The number of carbonyl (C=O) groups is 6. The number of thiazole rings is 3. The maximum absolute atomic E-state index is 14.5. The van der Waals surface area contributed by atoms with Gasteiger partial charge < -0.3 is 45.5 Å². The number of nitrogens with one attached hydrogen (secondary N) is 3. The van der Waals surface area contributed by atoms with Gasteiger partial charge >= 0.3 is 35.8 Å². The van der Waals surface area contributed by atoms with Crippen LogP contribution in [0.3, 0.4) is 0 Å². The van der Waals surface area contributed by atoms with E-state index >= 15 is 0 Å². The molecule has 3 aromatic heterocycles. The summed E-state index contributed by atoms with van der Waals surface area (Å²) in [5.41, 5.74) is 2.07. The summed E-state index contributed by atoms with van der Waals surface area (Å²) in [4.78, 5) is 104. The molecule has 3 fully saturated rings. The van der Waals surface area contributed by atoms with E-state index in [1.54, 1.807) is 41.7 Å². The van der Waals surface area contributed by atoms with Crippen LogP contribution in [0.1, 0.15) is 134 Å². The van der Waals surface area contributed by atoms with E-state index in [1.807, 2.05) is 0 Å². The van der Waals surface area contributed by atoms with Crippen LogP contribution in [0.4, 0.5) is 39.5 Å². The maximum Gasteiger partial charge on any atom is 0.338 e. The first-order chi connectivity index (χ1) is 53.2. The van der Waals surface area contributed by atoms with Crippen LogP contribution in [0.2, 0.25) is 10.0 Å². The fourth-order valence-corrected chi connectivity index (χ4v) is 16.6. The molecular weight excluding hydrogens is 1650 g/mol. The lowest BCUT2D eigenvalue weighted by molar-refractivity contribution is -0.139. The summed E-state index contributed by atoms with van der Waals surface area (Å²) in [6.45, 7) is -0.503. The molecule has 0 bridgehead atoms. The monoisotopic (exact) mass is 1730 g/mol. The number of benzene rings is 3. The summed E-state index contributed by atoms with van der Waals surface area (Å²) in [6, 6.07) is 7.05. The van der Waals surface area contributed by atoms with Crippen molar-refractivity contribution >= 4 is 126 Å². The van der Waals surface area contributed by atoms with Gasteiger partial charge in [-0.05, 0) is 87.4 Å². The number of hydrogen-bond acceptors (Lipinski definition) is 24. The number of aromatic nitrogens is 3. The number of carbonyl (C=O) groups excluding carboxylic acids is 3. The largest absolute Gasteiger partial charge is 0.481 e. The highest BCUT2D eigenvalue weighted by Crippen LogP contribution is 2.44. The van der Waals surface area contributed by atoms with E-state index in [1.165, 1.54) is 105 Å². The minimum atomic E-state index is -2.98.